The van der Waals surface area contributed by atoms with Crippen LogP contribution < -0.4 is 21.1 Å². The smallest absolute Gasteiger partial charge is 0.308 e. The quantitative estimate of drug-likeness (QED) is 0.632. The molecule has 2 aliphatic heterocycles. The van der Waals surface area contributed by atoms with Gasteiger partial charge in [-0.25, -0.2) is 10.2 Å². The van der Waals surface area contributed by atoms with Crippen molar-refractivity contribution in [2.75, 3.05) is 16.8 Å². The molecule has 29 heavy (non-hydrogen) atoms. The molecule has 0 fully saturated rings. The summed E-state index contributed by atoms with van der Waals surface area (Å²) in [5.41, 5.74) is 11.3. The lowest BCUT2D eigenvalue weighted by atomic mass is 9.93. The highest BCUT2D eigenvalue weighted by Gasteiger charge is 2.26. The van der Waals surface area contributed by atoms with Crippen LogP contribution >= 0.6 is 0 Å². The van der Waals surface area contributed by atoms with E-state index in [1.807, 2.05) is 66.7 Å². The average molecular weight is 384 g/mol. The first-order valence-electron chi connectivity index (χ1n) is 9.62. The van der Waals surface area contributed by atoms with Crippen molar-refractivity contribution in [1.82, 2.24) is 10.9 Å². The number of nitrogens with one attached hydrogen (secondary N) is 3. The number of urea groups is 1. The van der Waals surface area contributed by atoms with E-state index in [-0.39, 0.29) is 18.0 Å². The third-order valence-corrected chi connectivity index (χ3v) is 5.47. The highest BCUT2D eigenvalue weighted by atomic mass is 16.2. The molecule has 6 heteroatoms. The van der Waals surface area contributed by atoms with Gasteiger partial charge in [-0.3, -0.25) is 15.1 Å². The first-order valence-corrected chi connectivity index (χ1v) is 9.62. The van der Waals surface area contributed by atoms with E-state index in [1.165, 1.54) is 5.56 Å². The zero-order chi connectivity index (χ0) is 19.8. The van der Waals surface area contributed by atoms with Gasteiger partial charge < -0.3 is 5.32 Å². The summed E-state index contributed by atoms with van der Waals surface area (Å²) in [6, 6.07) is 23.0. The van der Waals surface area contributed by atoms with Gasteiger partial charge in [0.15, 0.2) is 0 Å². The van der Waals surface area contributed by atoms with Crippen molar-refractivity contribution >= 4 is 23.3 Å². The van der Waals surface area contributed by atoms with Gasteiger partial charge in [0.1, 0.15) is 0 Å². The fraction of sp³-hybridized carbons (Fsp3) is 0.130. The minimum Gasteiger partial charge on any atom is -0.308 e. The Hall–Kier alpha value is -3.64. The molecule has 0 saturated carbocycles. The maximum Gasteiger partial charge on any atom is 0.326 e. The van der Waals surface area contributed by atoms with E-state index in [9.17, 15) is 9.59 Å². The molecule has 144 valence electrons. The lowest BCUT2D eigenvalue weighted by Gasteiger charge is -2.27. The molecular weight excluding hydrogens is 364 g/mol. The van der Waals surface area contributed by atoms with E-state index in [0.717, 1.165) is 28.9 Å². The van der Waals surface area contributed by atoms with Crippen molar-refractivity contribution in [2.45, 2.75) is 12.5 Å². The Morgan fingerprint density at radius 1 is 0.966 bits per heavy atom. The van der Waals surface area contributed by atoms with E-state index in [0.29, 0.717) is 12.1 Å². The molecule has 1 atom stereocenters. The summed E-state index contributed by atoms with van der Waals surface area (Å²) in [7, 11) is 0. The number of carbonyl (C=O) groups excluding carboxylic acids is 2. The van der Waals surface area contributed by atoms with Gasteiger partial charge in [-0.1, -0.05) is 48.5 Å². The number of amides is 3. The lowest BCUT2D eigenvalue weighted by molar-refractivity contribution is 0.0913. The third kappa shape index (κ3) is 3.13. The van der Waals surface area contributed by atoms with Crippen LogP contribution in [0.25, 0.3) is 0 Å². The molecule has 1 unspecified atom stereocenters. The van der Waals surface area contributed by atoms with Gasteiger partial charge in [-0.05, 0) is 47.4 Å². The topological polar surface area (TPSA) is 73.5 Å². The number of rotatable bonds is 2. The minimum absolute atomic E-state index is 0.129. The zero-order valence-electron chi connectivity index (χ0n) is 15.7. The van der Waals surface area contributed by atoms with Crippen LogP contribution in [0.2, 0.25) is 0 Å². The molecule has 2 aliphatic rings. The molecule has 2 heterocycles. The molecule has 3 amide bonds. The summed E-state index contributed by atoms with van der Waals surface area (Å²) in [6.45, 7) is 0.686. The van der Waals surface area contributed by atoms with Gasteiger partial charge in [-0.2, -0.15) is 0 Å². The number of carbonyl (C=O) groups is 2. The lowest BCUT2D eigenvalue weighted by Crippen LogP contribution is -2.45. The SMILES string of the molecule is O=C1NNC(c2ccc(NC(=O)N3CCc4ccccc43)cc2)c2ccccc21. The van der Waals surface area contributed by atoms with E-state index >= 15 is 0 Å². The second kappa shape index (κ2) is 7.07. The van der Waals surface area contributed by atoms with Crippen molar-refractivity contribution in [3.05, 3.63) is 95.1 Å². The normalized spacial score (nSPS) is 17.3. The second-order valence-corrected chi connectivity index (χ2v) is 7.20. The van der Waals surface area contributed by atoms with Gasteiger partial charge in [0.05, 0.1) is 6.04 Å². The molecule has 0 saturated heterocycles. The van der Waals surface area contributed by atoms with Crippen LogP contribution in [-0.2, 0) is 6.42 Å². The van der Waals surface area contributed by atoms with Crippen LogP contribution in [0.1, 0.15) is 33.1 Å². The molecule has 0 spiro atoms. The molecule has 3 aromatic carbocycles. The van der Waals surface area contributed by atoms with E-state index < -0.39 is 0 Å². The Bertz CT molecular complexity index is 1090. The van der Waals surface area contributed by atoms with E-state index in [1.54, 1.807) is 4.90 Å². The molecule has 5 rings (SSSR count). The summed E-state index contributed by atoms with van der Waals surface area (Å²) < 4.78 is 0. The minimum atomic E-state index is -0.140. The third-order valence-electron chi connectivity index (χ3n) is 5.47. The summed E-state index contributed by atoms with van der Waals surface area (Å²) in [4.78, 5) is 26.5. The number of hydrazine groups is 1. The summed E-state index contributed by atoms with van der Waals surface area (Å²) >= 11 is 0. The van der Waals surface area contributed by atoms with Crippen molar-refractivity contribution in [3.63, 3.8) is 0 Å². The van der Waals surface area contributed by atoms with Crippen LogP contribution in [0.3, 0.4) is 0 Å². The van der Waals surface area contributed by atoms with Gasteiger partial charge in [0.25, 0.3) is 5.91 Å². The number of benzene rings is 3. The Morgan fingerprint density at radius 2 is 1.72 bits per heavy atom. The summed E-state index contributed by atoms with van der Waals surface area (Å²) in [5.74, 6) is -0.133. The van der Waals surface area contributed by atoms with Crippen LogP contribution in [0, 0.1) is 0 Å². The highest BCUT2D eigenvalue weighted by Crippen LogP contribution is 2.30. The van der Waals surface area contributed by atoms with E-state index in [4.69, 9.17) is 0 Å². The Labute approximate surface area is 168 Å². The molecule has 3 N–H and O–H groups in total. The largest absolute Gasteiger partial charge is 0.326 e. The maximum absolute atomic E-state index is 12.7. The van der Waals surface area contributed by atoms with Crippen LogP contribution in [0.5, 0.6) is 0 Å². The van der Waals surface area contributed by atoms with Crippen molar-refractivity contribution in [3.8, 4) is 0 Å². The molecule has 0 radical (unpaired) electrons. The van der Waals surface area contributed by atoms with E-state index in [2.05, 4.69) is 22.2 Å². The Morgan fingerprint density at radius 3 is 2.59 bits per heavy atom. The molecule has 6 nitrogen and oxygen atoms in total. The molecule has 0 aliphatic carbocycles. The molecule has 0 aromatic heterocycles. The molecular formula is C23H20N4O2. The average Bonchev–Trinajstić information content (AvgIpc) is 3.19. The first-order chi connectivity index (χ1) is 14.2. The second-order valence-electron chi connectivity index (χ2n) is 7.20. The standard InChI is InChI=1S/C23H20N4O2/c28-22-19-7-3-2-6-18(19)21(25-26-22)16-9-11-17(12-10-16)24-23(29)27-14-13-15-5-1-4-8-20(15)27/h1-12,21,25H,13-14H2,(H,24,29)(H,26,28). The highest BCUT2D eigenvalue weighted by molar-refractivity contribution is 6.03. The fourth-order valence-corrected chi connectivity index (χ4v) is 4.00. The van der Waals surface area contributed by atoms with Gasteiger partial charge in [-0.15, -0.1) is 0 Å². The predicted molar refractivity (Wildman–Crippen MR) is 112 cm³/mol. The number of fused-ring (bicyclic) bond motifs is 2. The Kier molecular flexibility index (Phi) is 4.26. The maximum atomic E-state index is 12.7. The van der Waals surface area contributed by atoms with Crippen molar-refractivity contribution in [2.24, 2.45) is 0 Å². The number of hydrogen-bond donors (Lipinski definition) is 3. The van der Waals surface area contributed by atoms with Crippen molar-refractivity contribution < 1.29 is 9.59 Å². The molecule has 0 bridgehead atoms. The first kappa shape index (κ1) is 17.5. The monoisotopic (exact) mass is 384 g/mol. The summed E-state index contributed by atoms with van der Waals surface area (Å²) in [6.07, 6.45) is 0.876. The van der Waals surface area contributed by atoms with Crippen LogP contribution in [0.4, 0.5) is 16.2 Å². The van der Waals surface area contributed by atoms with Crippen molar-refractivity contribution in [1.29, 1.82) is 0 Å². The number of nitrogens with zero attached hydrogens (tertiary/aromatic N) is 1. The number of anilines is 2. The molecule has 3 aromatic rings. The summed E-state index contributed by atoms with van der Waals surface area (Å²) in [5, 5.41) is 2.98. The van der Waals surface area contributed by atoms with Gasteiger partial charge in [0.2, 0.25) is 0 Å². The predicted octanol–water partition coefficient (Wildman–Crippen LogP) is 3.62. The van der Waals surface area contributed by atoms with Gasteiger partial charge >= 0.3 is 6.03 Å². The van der Waals surface area contributed by atoms with Crippen LogP contribution in [-0.4, -0.2) is 18.5 Å². The van der Waals surface area contributed by atoms with Gasteiger partial charge in [0, 0.05) is 23.5 Å². The number of hydrogen-bond acceptors (Lipinski definition) is 3. The van der Waals surface area contributed by atoms with Crippen LogP contribution in [0.15, 0.2) is 72.8 Å². The zero-order valence-corrected chi connectivity index (χ0v) is 15.7. The Balaban J connectivity index is 1.33. The number of para-hydroxylation sites is 1. The fourth-order valence-electron chi connectivity index (χ4n) is 4.00.